The zero-order chi connectivity index (χ0) is 13.9. The van der Waals surface area contributed by atoms with Crippen LogP contribution in [0, 0.1) is 0 Å². The van der Waals surface area contributed by atoms with Gasteiger partial charge in [-0.15, -0.1) is 0 Å². The highest BCUT2D eigenvalue weighted by atomic mass is 19.3. The third-order valence-electron chi connectivity index (χ3n) is 2.57. The van der Waals surface area contributed by atoms with Crippen LogP contribution in [0.25, 0.3) is 0 Å². The van der Waals surface area contributed by atoms with Crippen LogP contribution in [-0.4, -0.2) is 37.6 Å². The Morgan fingerprint density at radius 2 is 2.17 bits per heavy atom. The second-order valence-electron chi connectivity index (χ2n) is 4.95. The molecule has 0 fully saturated rings. The maximum absolute atomic E-state index is 12.7. The molecule has 5 nitrogen and oxygen atoms in total. The fourth-order valence-corrected chi connectivity index (χ4v) is 1.51. The highest BCUT2D eigenvalue weighted by Crippen LogP contribution is 2.19. The number of carbonyl (C=O) groups is 1. The van der Waals surface area contributed by atoms with Crippen molar-refractivity contribution < 1.29 is 18.7 Å². The van der Waals surface area contributed by atoms with Crippen LogP contribution in [0.2, 0.25) is 0 Å². The quantitative estimate of drug-likeness (QED) is 0.880. The smallest absolute Gasteiger partial charge is 0.319 e. The molecule has 18 heavy (non-hydrogen) atoms. The Kier molecular flexibility index (Phi) is 4.39. The molecule has 1 rings (SSSR count). The molecule has 0 aliphatic carbocycles. The van der Waals surface area contributed by atoms with Crippen molar-refractivity contribution in [2.75, 3.05) is 6.54 Å². The van der Waals surface area contributed by atoms with Gasteiger partial charge in [-0.25, -0.2) is 4.98 Å². The molecule has 1 N–H and O–H groups in total. The zero-order valence-electron chi connectivity index (χ0n) is 10.6. The molecule has 0 saturated carbocycles. The number of alkyl halides is 2. The lowest BCUT2D eigenvalue weighted by molar-refractivity contribution is -0.140. The lowest BCUT2D eigenvalue weighted by Crippen LogP contribution is -2.44. The van der Waals surface area contributed by atoms with Gasteiger partial charge >= 0.3 is 12.5 Å². The van der Waals surface area contributed by atoms with Gasteiger partial charge in [0.25, 0.3) is 0 Å². The average molecular weight is 261 g/mol. The second-order valence-corrected chi connectivity index (χ2v) is 4.95. The average Bonchev–Trinajstić information content (AvgIpc) is 2.62. The number of aliphatic carboxylic acids is 1. The highest BCUT2D eigenvalue weighted by molar-refractivity contribution is 5.69. The summed E-state index contributed by atoms with van der Waals surface area (Å²) in [5, 5.41) is 8.84. The van der Waals surface area contributed by atoms with Gasteiger partial charge in [0.1, 0.15) is 5.82 Å². The lowest BCUT2D eigenvalue weighted by Gasteiger charge is -2.34. The van der Waals surface area contributed by atoms with Crippen LogP contribution in [-0.2, 0) is 11.3 Å². The molecule has 7 heteroatoms. The first-order valence-electron chi connectivity index (χ1n) is 5.48. The molecule has 0 spiro atoms. The van der Waals surface area contributed by atoms with Gasteiger partial charge in [-0.2, -0.15) is 8.78 Å². The Morgan fingerprint density at radius 3 is 2.61 bits per heavy atom. The number of carboxylic acids is 1. The van der Waals surface area contributed by atoms with Crippen LogP contribution in [0.3, 0.4) is 0 Å². The van der Waals surface area contributed by atoms with Gasteiger partial charge in [0, 0.05) is 17.9 Å². The number of hydrogen-bond acceptors (Lipinski definition) is 3. The molecule has 102 valence electrons. The maximum atomic E-state index is 12.7. The number of hydrogen-bond donors (Lipinski definition) is 1. The highest BCUT2D eigenvalue weighted by Gasteiger charge is 2.26. The van der Waals surface area contributed by atoms with Crippen molar-refractivity contribution in [3.05, 3.63) is 18.2 Å². The van der Waals surface area contributed by atoms with Gasteiger partial charge in [-0.05, 0) is 20.8 Å². The van der Waals surface area contributed by atoms with E-state index in [1.165, 1.54) is 12.4 Å². The van der Waals surface area contributed by atoms with Crippen LogP contribution in [0.5, 0.6) is 0 Å². The first-order valence-corrected chi connectivity index (χ1v) is 5.48. The molecule has 0 aliphatic rings. The van der Waals surface area contributed by atoms with Crippen molar-refractivity contribution >= 4 is 5.97 Å². The van der Waals surface area contributed by atoms with Gasteiger partial charge < -0.3 is 5.11 Å². The van der Waals surface area contributed by atoms with E-state index < -0.39 is 18.1 Å². The minimum absolute atomic E-state index is 0.0626. The molecule has 1 heterocycles. The topological polar surface area (TPSA) is 58.4 Å². The van der Waals surface area contributed by atoms with Crippen molar-refractivity contribution in [1.29, 1.82) is 0 Å². The molecule has 0 saturated heterocycles. The summed E-state index contributed by atoms with van der Waals surface area (Å²) < 4.78 is 26.1. The number of rotatable bonds is 5. The van der Waals surface area contributed by atoms with Gasteiger partial charge in [0.05, 0.1) is 13.1 Å². The minimum Gasteiger partial charge on any atom is -0.480 e. The summed E-state index contributed by atoms with van der Waals surface area (Å²) in [6, 6.07) is 0. The predicted molar refractivity (Wildman–Crippen MR) is 61.3 cm³/mol. The molecular weight excluding hydrogens is 244 g/mol. The summed E-state index contributed by atoms with van der Waals surface area (Å²) in [6.07, 6.45) is 2.46. The van der Waals surface area contributed by atoms with Crippen molar-refractivity contribution in [3.63, 3.8) is 0 Å². The summed E-state index contributed by atoms with van der Waals surface area (Å²) in [5.41, 5.74) is -0.447. The molecule has 0 aliphatic heterocycles. The number of halogens is 2. The first kappa shape index (κ1) is 14.6. The van der Waals surface area contributed by atoms with E-state index in [0.29, 0.717) is 0 Å². The van der Waals surface area contributed by atoms with Gasteiger partial charge in [-0.3, -0.25) is 14.3 Å². The second kappa shape index (κ2) is 5.43. The van der Waals surface area contributed by atoms with Gasteiger partial charge in [-0.1, -0.05) is 0 Å². The molecule has 0 atom stereocenters. The zero-order valence-corrected chi connectivity index (χ0v) is 10.6. The summed E-state index contributed by atoms with van der Waals surface area (Å²) in [5.74, 6) is -0.846. The molecule has 0 aromatic carbocycles. The predicted octanol–water partition coefficient (Wildman–Crippen LogP) is 1.96. The largest absolute Gasteiger partial charge is 0.480 e. The van der Waals surface area contributed by atoms with E-state index in [0.717, 1.165) is 4.57 Å². The number of aromatic nitrogens is 2. The van der Waals surface area contributed by atoms with Crippen molar-refractivity contribution in [2.24, 2.45) is 0 Å². The van der Waals surface area contributed by atoms with Crippen LogP contribution in [0.4, 0.5) is 8.78 Å². The van der Waals surface area contributed by atoms with E-state index in [2.05, 4.69) is 4.98 Å². The monoisotopic (exact) mass is 261 g/mol. The van der Waals surface area contributed by atoms with E-state index in [4.69, 9.17) is 5.11 Å². The molecule has 1 aromatic heterocycles. The van der Waals surface area contributed by atoms with Gasteiger partial charge in [0.2, 0.25) is 0 Å². The third kappa shape index (κ3) is 3.76. The summed E-state index contributed by atoms with van der Waals surface area (Å²) in [6.45, 7) is 2.64. The summed E-state index contributed by atoms with van der Waals surface area (Å²) >= 11 is 0. The first-order chi connectivity index (χ1) is 8.21. The Labute approximate surface area is 104 Å². The van der Waals surface area contributed by atoms with Gasteiger partial charge in [0.15, 0.2) is 0 Å². The summed E-state index contributed by atoms with van der Waals surface area (Å²) in [7, 11) is 0. The Balaban J connectivity index is 2.89. The van der Waals surface area contributed by atoms with Crippen LogP contribution in [0.15, 0.2) is 12.4 Å². The molecule has 0 amide bonds. The molecule has 0 radical (unpaired) electrons. The molecule has 1 aromatic rings. The third-order valence-corrected chi connectivity index (χ3v) is 2.57. The maximum Gasteiger partial charge on any atom is 0.319 e. The molecule has 0 bridgehead atoms. The lowest BCUT2D eigenvalue weighted by atomic mass is 10.1. The Morgan fingerprint density at radius 1 is 1.56 bits per heavy atom. The summed E-state index contributed by atoms with van der Waals surface area (Å²) in [4.78, 5) is 16.2. The standard InChI is InChI=1S/C11H17F2N3O2/c1-11(2,3)15(7-9(17)18)6-8-14-4-5-16(8)10(12)13/h4-5,10H,6-7H2,1-3H3,(H,17,18). The van der Waals surface area contributed by atoms with Crippen LogP contribution < -0.4 is 0 Å². The van der Waals surface area contributed by atoms with E-state index in [1.807, 2.05) is 20.8 Å². The normalized spacial score (nSPS) is 12.4. The van der Waals surface area contributed by atoms with Crippen LogP contribution >= 0.6 is 0 Å². The Bertz CT molecular complexity index is 413. The fraction of sp³-hybridized carbons (Fsp3) is 0.636. The van der Waals surface area contributed by atoms with E-state index in [-0.39, 0.29) is 18.9 Å². The number of imidazole rings is 1. The fourth-order valence-electron chi connectivity index (χ4n) is 1.51. The number of carboxylic acid groups (broad SMARTS) is 1. The Hall–Kier alpha value is -1.50. The van der Waals surface area contributed by atoms with E-state index in [1.54, 1.807) is 4.90 Å². The van der Waals surface area contributed by atoms with Crippen molar-refractivity contribution in [3.8, 4) is 0 Å². The van der Waals surface area contributed by atoms with E-state index >= 15 is 0 Å². The van der Waals surface area contributed by atoms with Crippen LogP contribution in [0.1, 0.15) is 33.1 Å². The van der Waals surface area contributed by atoms with Crippen molar-refractivity contribution in [1.82, 2.24) is 14.5 Å². The molecule has 0 unspecified atom stereocenters. The number of nitrogens with zero attached hydrogens (tertiary/aromatic N) is 3. The molecular formula is C11H17F2N3O2. The SMILES string of the molecule is CC(C)(C)N(CC(=O)O)Cc1nccn1C(F)F. The van der Waals surface area contributed by atoms with E-state index in [9.17, 15) is 13.6 Å². The van der Waals surface area contributed by atoms with Crippen molar-refractivity contribution in [2.45, 2.75) is 39.4 Å². The minimum atomic E-state index is -2.67.